The van der Waals surface area contributed by atoms with Crippen molar-refractivity contribution in [3.63, 3.8) is 0 Å². The molecule has 2 bridgehead atoms. The topological polar surface area (TPSA) is 201 Å². The minimum absolute atomic E-state index is 0.0601. The lowest BCUT2D eigenvalue weighted by atomic mass is 9.44. The number of ketones is 1. The van der Waals surface area contributed by atoms with E-state index in [1.54, 1.807) is 88.4 Å². The number of alkyl carbamates (subject to hydrolysis) is 1. The van der Waals surface area contributed by atoms with Crippen molar-refractivity contribution in [1.29, 1.82) is 0 Å². The molecule has 2 aromatic carbocycles. The quantitative estimate of drug-likeness (QED) is 0.144. The summed E-state index contributed by atoms with van der Waals surface area (Å²) in [7, 11) is 0. The number of fused-ring (bicyclic) bond motifs is 4. The number of amides is 1. The van der Waals surface area contributed by atoms with E-state index in [4.69, 9.17) is 23.7 Å². The molecule has 0 aliphatic heterocycles. The molecule has 2 aromatic rings. The van der Waals surface area contributed by atoms with Crippen LogP contribution in [0.1, 0.15) is 110 Å². The first kappa shape index (κ1) is 45.0. The van der Waals surface area contributed by atoms with Crippen LogP contribution in [0.15, 0.2) is 71.8 Å². The molecule has 4 saturated carbocycles. The molecule has 7 rings (SSSR count). The number of aliphatic hydroxyl groups is 2. The van der Waals surface area contributed by atoms with E-state index >= 15 is 4.79 Å². The molecule has 14 heteroatoms. The van der Waals surface area contributed by atoms with E-state index < -0.39 is 106 Å². The van der Waals surface area contributed by atoms with Gasteiger partial charge in [0, 0.05) is 37.5 Å². The molecule has 3 N–H and O–H groups in total. The lowest BCUT2D eigenvalue weighted by Crippen LogP contribution is -2.75. The van der Waals surface area contributed by atoms with Crippen molar-refractivity contribution >= 4 is 35.8 Å². The largest absolute Gasteiger partial charge is 0.458 e. The number of benzene rings is 2. The number of carbonyl (C=O) groups excluding carboxylic acids is 6. The monoisotopic (exact) mass is 857 g/mol. The van der Waals surface area contributed by atoms with Crippen LogP contribution in [0.4, 0.5) is 4.79 Å². The summed E-state index contributed by atoms with van der Waals surface area (Å²) < 4.78 is 30.6. The molecule has 14 nitrogen and oxygen atoms in total. The minimum atomic E-state index is -2.16. The van der Waals surface area contributed by atoms with Crippen LogP contribution in [0.5, 0.6) is 0 Å². The van der Waals surface area contributed by atoms with Crippen LogP contribution < -0.4 is 5.32 Å². The van der Waals surface area contributed by atoms with E-state index in [1.807, 2.05) is 20.8 Å². The van der Waals surface area contributed by atoms with Crippen LogP contribution >= 0.6 is 0 Å². The maximum absolute atomic E-state index is 15.6. The Labute approximate surface area is 362 Å². The summed E-state index contributed by atoms with van der Waals surface area (Å²) in [5.41, 5.74) is -4.68. The maximum atomic E-state index is 15.6. The van der Waals surface area contributed by atoms with Gasteiger partial charge in [-0.2, -0.15) is 0 Å². The van der Waals surface area contributed by atoms with Gasteiger partial charge in [0.25, 0.3) is 0 Å². The molecule has 13 atom stereocenters. The molecule has 1 spiro atoms. The molecule has 0 radical (unpaired) electrons. The molecular formula is C48H59NO13. The average molecular weight is 858 g/mol. The van der Waals surface area contributed by atoms with Crippen LogP contribution in [0.2, 0.25) is 0 Å². The van der Waals surface area contributed by atoms with E-state index in [1.165, 1.54) is 13.8 Å². The Hall–Kier alpha value is -5.08. The summed E-state index contributed by atoms with van der Waals surface area (Å²) in [4.78, 5) is 83.7. The lowest BCUT2D eigenvalue weighted by Gasteiger charge is -2.65. The zero-order chi connectivity index (χ0) is 45.3. The summed E-state index contributed by atoms with van der Waals surface area (Å²) in [6.07, 6.45) is -6.59. The summed E-state index contributed by atoms with van der Waals surface area (Å²) in [5, 5.41) is 28.2. The maximum Gasteiger partial charge on any atom is 0.408 e. The number of rotatable bonds is 10. The Bertz CT molecular complexity index is 2150. The predicted octanol–water partition coefficient (Wildman–Crippen LogP) is 5.97. The second kappa shape index (κ2) is 16.2. The SMILES string of the molecule is CC(=O)OC1C(=O)C23CC2CC2C(C)CC2(OC(C)=O)C3C(OC(=O)c2ccccc2)C2(O)CC(OC(=O)C(O)C(NC(=O)OC(C)(C)C)c3ccccc3)C(C)=C1C2C(C)C. The molecule has 1 amide bonds. The number of ether oxygens (including phenoxy) is 5. The van der Waals surface area contributed by atoms with Gasteiger partial charge >= 0.3 is 30.0 Å². The number of carbonyl (C=O) groups is 6. The number of Topliss-reactive ketones (excluding diaryl/α,β-unsaturated/α-hetero) is 1. The van der Waals surface area contributed by atoms with E-state index in [0.29, 0.717) is 30.4 Å². The van der Waals surface area contributed by atoms with Crippen LogP contribution in [0.3, 0.4) is 0 Å². The summed E-state index contributed by atoms with van der Waals surface area (Å²) >= 11 is 0. The first-order valence-corrected chi connectivity index (χ1v) is 21.6. The van der Waals surface area contributed by atoms with E-state index in [-0.39, 0.29) is 35.3 Å². The summed E-state index contributed by atoms with van der Waals surface area (Å²) in [5.74, 6) is -6.86. The van der Waals surface area contributed by atoms with Gasteiger partial charge in [-0.25, -0.2) is 14.4 Å². The number of hydrogen-bond acceptors (Lipinski definition) is 13. The fourth-order valence-corrected chi connectivity index (χ4v) is 11.8. The van der Waals surface area contributed by atoms with E-state index in [2.05, 4.69) is 5.32 Å². The number of aliphatic hydroxyl groups excluding tert-OH is 1. The first-order chi connectivity index (χ1) is 29.1. The van der Waals surface area contributed by atoms with Gasteiger partial charge in [0.1, 0.15) is 29.0 Å². The smallest absolute Gasteiger partial charge is 0.408 e. The zero-order valence-corrected chi connectivity index (χ0v) is 36.8. The molecule has 5 aliphatic rings. The highest BCUT2D eigenvalue weighted by Gasteiger charge is 2.83. The summed E-state index contributed by atoms with van der Waals surface area (Å²) in [6.45, 7) is 14.8. The lowest BCUT2D eigenvalue weighted by molar-refractivity contribution is -0.277. The second-order valence-electron chi connectivity index (χ2n) is 19.5. The van der Waals surface area contributed by atoms with Crippen molar-refractivity contribution in [3.05, 3.63) is 82.9 Å². The van der Waals surface area contributed by atoms with Crippen LogP contribution in [0.25, 0.3) is 0 Å². The molecule has 0 aromatic heterocycles. The normalized spacial score (nSPS) is 34.3. The van der Waals surface area contributed by atoms with Crippen molar-refractivity contribution in [2.75, 3.05) is 0 Å². The molecule has 0 heterocycles. The van der Waals surface area contributed by atoms with Crippen LogP contribution in [-0.4, -0.2) is 87.2 Å². The van der Waals surface area contributed by atoms with Gasteiger partial charge in [0.2, 0.25) is 0 Å². The van der Waals surface area contributed by atoms with E-state index in [9.17, 15) is 34.2 Å². The highest BCUT2D eigenvalue weighted by atomic mass is 16.6. The number of nitrogens with one attached hydrogen (secondary N) is 1. The van der Waals surface area contributed by atoms with Gasteiger partial charge in [-0.1, -0.05) is 69.3 Å². The fraction of sp³-hybridized carbons (Fsp3) is 0.583. The predicted molar refractivity (Wildman–Crippen MR) is 222 cm³/mol. The van der Waals surface area contributed by atoms with Crippen LogP contribution in [-0.2, 0) is 42.9 Å². The highest BCUT2D eigenvalue weighted by molar-refractivity contribution is 5.97. The van der Waals surface area contributed by atoms with Gasteiger partial charge in [0.15, 0.2) is 18.0 Å². The molecule has 4 fully saturated rings. The third kappa shape index (κ3) is 7.71. The van der Waals surface area contributed by atoms with Gasteiger partial charge in [-0.3, -0.25) is 14.4 Å². The molecule has 5 aliphatic carbocycles. The molecule has 13 unspecified atom stereocenters. The van der Waals surface area contributed by atoms with E-state index in [0.717, 1.165) is 0 Å². The average Bonchev–Trinajstić information content (AvgIpc) is 3.93. The van der Waals surface area contributed by atoms with Crippen molar-refractivity contribution in [3.8, 4) is 0 Å². The number of hydrogen-bond donors (Lipinski definition) is 3. The Morgan fingerprint density at radius 3 is 2.06 bits per heavy atom. The molecular weight excluding hydrogens is 799 g/mol. The first-order valence-electron chi connectivity index (χ1n) is 21.6. The highest BCUT2D eigenvalue weighted by Crippen LogP contribution is 2.77. The summed E-state index contributed by atoms with van der Waals surface area (Å²) in [6, 6.07) is 15.2. The Morgan fingerprint density at radius 1 is 0.871 bits per heavy atom. The molecule has 62 heavy (non-hydrogen) atoms. The standard InChI is InChI=1S/C48H59NO13/c1-24(2)35-34-26(4)33(59-43(55)37(52)36(29-16-12-10-13-17-29)49-44(56)62-45(7,8)9)23-47(35,57)41(60-42(54)30-18-14-11-15-19-30)39-46(40(53)38(34)58-27(5)50)22-31(46)20-32-25(3)21-48(32,39)61-28(6)51/h10-19,24-25,31-33,35-39,41,52,57H,20-23H2,1-9H3,(H,49,56). The van der Waals surface area contributed by atoms with Gasteiger partial charge in [-0.15, -0.1) is 0 Å². The Kier molecular flexibility index (Phi) is 11.8. The third-order valence-corrected chi connectivity index (χ3v) is 14.0. The van der Waals surface area contributed by atoms with Crippen LogP contribution in [0, 0.1) is 40.9 Å². The number of esters is 4. The third-order valence-electron chi connectivity index (χ3n) is 14.0. The van der Waals surface area contributed by atoms with Crippen molar-refractivity contribution in [2.45, 2.75) is 135 Å². The van der Waals surface area contributed by atoms with Gasteiger partial charge in [-0.05, 0) is 93.6 Å². The second-order valence-corrected chi connectivity index (χ2v) is 19.5. The Balaban J connectivity index is 1.39. The van der Waals surface area contributed by atoms with Gasteiger partial charge < -0.3 is 39.2 Å². The molecule has 334 valence electrons. The zero-order valence-electron chi connectivity index (χ0n) is 36.8. The van der Waals surface area contributed by atoms with Crippen molar-refractivity contribution < 1.29 is 62.7 Å². The Morgan fingerprint density at radius 2 is 1.50 bits per heavy atom. The van der Waals surface area contributed by atoms with Crippen molar-refractivity contribution in [2.24, 2.45) is 40.9 Å². The van der Waals surface area contributed by atoms with Crippen molar-refractivity contribution in [1.82, 2.24) is 5.32 Å². The minimum Gasteiger partial charge on any atom is -0.458 e. The molecule has 0 saturated heterocycles. The fourth-order valence-electron chi connectivity index (χ4n) is 11.8. The van der Waals surface area contributed by atoms with Gasteiger partial charge in [0.05, 0.1) is 17.5 Å².